The van der Waals surface area contributed by atoms with Gasteiger partial charge in [-0.05, 0) is 26.2 Å². The first-order valence-electron chi connectivity index (χ1n) is 10.5. The van der Waals surface area contributed by atoms with Crippen molar-refractivity contribution in [3.8, 4) is 11.5 Å². The number of ether oxygens (including phenoxy) is 3. The first kappa shape index (κ1) is 23.5. The van der Waals surface area contributed by atoms with Crippen LogP contribution in [0.1, 0.15) is 62.7 Å². The van der Waals surface area contributed by atoms with Crippen LogP contribution in [-0.2, 0) is 14.3 Å². The van der Waals surface area contributed by atoms with Crippen molar-refractivity contribution in [1.29, 1.82) is 0 Å². The van der Waals surface area contributed by atoms with Crippen LogP contribution in [0, 0.1) is 5.92 Å². The zero-order chi connectivity index (χ0) is 22.1. The molecule has 1 aliphatic carbocycles. The maximum Gasteiger partial charge on any atom is 0.341 e. The number of hydrogen-bond donors (Lipinski definition) is 2. The molecular weight excluding hydrogens is 388 g/mol. The van der Waals surface area contributed by atoms with Crippen LogP contribution in [0.3, 0.4) is 0 Å². The Kier molecular flexibility index (Phi) is 8.95. The number of esters is 1. The molecule has 0 heterocycles. The van der Waals surface area contributed by atoms with Gasteiger partial charge < -0.3 is 24.8 Å². The third-order valence-electron chi connectivity index (χ3n) is 5.18. The largest absolute Gasteiger partial charge is 0.493 e. The van der Waals surface area contributed by atoms with Crippen molar-refractivity contribution in [2.24, 2.45) is 5.92 Å². The number of amides is 2. The molecule has 0 saturated heterocycles. The van der Waals surface area contributed by atoms with Crippen molar-refractivity contribution >= 4 is 23.5 Å². The summed E-state index contributed by atoms with van der Waals surface area (Å²) < 4.78 is 15.9. The van der Waals surface area contributed by atoms with Gasteiger partial charge in [0.05, 0.1) is 25.5 Å². The molecule has 1 aromatic rings. The lowest BCUT2D eigenvalue weighted by molar-refractivity contribution is -0.129. The Balaban J connectivity index is 2.25. The molecule has 8 heteroatoms. The van der Waals surface area contributed by atoms with Crippen LogP contribution in [0.25, 0.3) is 0 Å². The monoisotopic (exact) mass is 420 g/mol. The molecule has 1 aromatic carbocycles. The van der Waals surface area contributed by atoms with E-state index in [1.54, 1.807) is 0 Å². The van der Waals surface area contributed by atoms with Crippen molar-refractivity contribution in [2.45, 2.75) is 58.5 Å². The van der Waals surface area contributed by atoms with Crippen LogP contribution in [0.4, 0.5) is 5.69 Å². The molecule has 30 heavy (non-hydrogen) atoms. The van der Waals surface area contributed by atoms with E-state index in [2.05, 4.69) is 10.6 Å². The van der Waals surface area contributed by atoms with E-state index in [0.29, 0.717) is 18.0 Å². The molecule has 0 bridgehead atoms. The normalized spacial score (nSPS) is 15.1. The standard InChI is InChI=1S/C22H32N2O6/c1-5-11-23-20(25)14(2)30-22(27)16-12-18(28-3)19(29-4)13-17(16)24-21(26)15-9-7-6-8-10-15/h12-15H,5-11H2,1-4H3,(H,23,25)(H,24,26)/t14-/m1/s1. The van der Waals surface area contributed by atoms with Gasteiger partial charge in [-0.15, -0.1) is 0 Å². The van der Waals surface area contributed by atoms with Crippen LogP contribution in [0.2, 0.25) is 0 Å². The van der Waals surface area contributed by atoms with Crippen molar-refractivity contribution in [3.05, 3.63) is 17.7 Å². The highest BCUT2D eigenvalue weighted by Gasteiger charge is 2.26. The van der Waals surface area contributed by atoms with Gasteiger partial charge >= 0.3 is 5.97 Å². The fourth-order valence-electron chi connectivity index (χ4n) is 3.42. The van der Waals surface area contributed by atoms with Gasteiger partial charge in [0.2, 0.25) is 5.91 Å². The molecule has 2 N–H and O–H groups in total. The lowest BCUT2D eigenvalue weighted by Crippen LogP contribution is -2.36. The summed E-state index contributed by atoms with van der Waals surface area (Å²) in [7, 11) is 2.93. The number of nitrogens with one attached hydrogen (secondary N) is 2. The van der Waals surface area contributed by atoms with E-state index in [1.807, 2.05) is 6.92 Å². The summed E-state index contributed by atoms with van der Waals surface area (Å²) in [6, 6.07) is 2.99. The lowest BCUT2D eigenvalue weighted by Gasteiger charge is -2.22. The Morgan fingerprint density at radius 2 is 1.70 bits per heavy atom. The minimum Gasteiger partial charge on any atom is -0.493 e. The molecule has 166 valence electrons. The van der Waals surface area contributed by atoms with Gasteiger partial charge in [-0.3, -0.25) is 9.59 Å². The molecule has 1 fully saturated rings. The van der Waals surface area contributed by atoms with E-state index < -0.39 is 12.1 Å². The molecule has 0 aromatic heterocycles. The molecule has 8 nitrogen and oxygen atoms in total. The third-order valence-corrected chi connectivity index (χ3v) is 5.18. The first-order chi connectivity index (χ1) is 14.4. The summed E-state index contributed by atoms with van der Waals surface area (Å²) in [6.45, 7) is 3.94. The second kappa shape index (κ2) is 11.4. The van der Waals surface area contributed by atoms with Gasteiger partial charge in [-0.2, -0.15) is 0 Å². The number of carbonyl (C=O) groups is 3. The van der Waals surface area contributed by atoms with Crippen molar-refractivity contribution in [3.63, 3.8) is 0 Å². The Morgan fingerprint density at radius 3 is 2.30 bits per heavy atom. The predicted octanol–water partition coefficient (Wildman–Crippen LogP) is 3.29. The van der Waals surface area contributed by atoms with E-state index in [-0.39, 0.29) is 29.0 Å². The van der Waals surface area contributed by atoms with E-state index in [1.165, 1.54) is 33.3 Å². The van der Waals surface area contributed by atoms with Gasteiger partial charge in [0.25, 0.3) is 5.91 Å². The number of hydrogen-bond acceptors (Lipinski definition) is 6. The van der Waals surface area contributed by atoms with Gasteiger partial charge in [-0.1, -0.05) is 26.2 Å². The molecule has 1 saturated carbocycles. The van der Waals surface area contributed by atoms with Gasteiger partial charge in [0.15, 0.2) is 17.6 Å². The number of benzene rings is 1. The van der Waals surface area contributed by atoms with Crippen molar-refractivity contribution in [1.82, 2.24) is 5.32 Å². The minimum absolute atomic E-state index is 0.0885. The van der Waals surface area contributed by atoms with Crippen molar-refractivity contribution < 1.29 is 28.6 Å². The summed E-state index contributed by atoms with van der Waals surface area (Å²) in [5.74, 6) is -0.628. The Morgan fingerprint density at radius 1 is 1.07 bits per heavy atom. The smallest absolute Gasteiger partial charge is 0.341 e. The van der Waals surface area contributed by atoms with Crippen LogP contribution in [0.5, 0.6) is 11.5 Å². The Labute approximate surface area is 177 Å². The highest BCUT2D eigenvalue weighted by atomic mass is 16.5. The SMILES string of the molecule is CCCNC(=O)[C@@H](C)OC(=O)c1cc(OC)c(OC)cc1NC(=O)C1CCCCC1. The summed E-state index contributed by atoms with van der Waals surface area (Å²) in [6.07, 6.45) is 4.63. The minimum atomic E-state index is -0.973. The Hall–Kier alpha value is -2.77. The quantitative estimate of drug-likeness (QED) is 0.594. The van der Waals surface area contributed by atoms with Crippen molar-refractivity contribution in [2.75, 3.05) is 26.1 Å². The summed E-state index contributed by atoms with van der Waals surface area (Å²) >= 11 is 0. The first-order valence-corrected chi connectivity index (χ1v) is 10.5. The molecule has 1 atom stereocenters. The van der Waals surface area contributed by atoms with Crippen LogP contribution in [0.15, 0.2) is 12.1 Å². The molecule has 2 rings (SSSR count). The summed E-state index contributed by atoms with van der Waals surface area (Å²) in [5, 5.41) is 5.54. The summed E-state index contributed by atoms with van der Waals surface area (Å²) in [5.41, 5.74) is 0.376. The third kappa shape index (κ3) is 6.11. The second-order valence-electron chi connectivity index (χ2n) is 7.42. The van der Waals surface area contributed by atoms with E-state index in [9.17, 15) is 14.4 Å². The molecule has 1 aliphatic rings. The number of anilines is 1. The van der Waals surface area contributed by atoms with Gasteiger partial charge in [0, 0.05) is 24.6 Å². The van der Waals surface area contributed by atoms with Crippen LogP contribution in [-0.4, -0.2) is 44.7 Å². The average Bonchev–Trinajstić information content (AvgIpc) is 2.77. The Bertz CT molecular complexity index is 758. The molecular formula is C22H32N2O6. The second-order valence-corrected chi connectivity index (χ2v) is 7.42. The maximum atomic E-state index is 12.8. The van der Waals surface area contributed by atoms with E-state index in [4.69, 9.17) is 14.2 Å². The molecule has 0 unspecified atom stereocenters. The number of rotatable bonds is 9. The molecule has 0 aliphatic heterocycles. The summed E-state index contributed by atoms with van der Waals surface area (Å²) in [4.78, 5) is 37.6. The molecule has 2 amide bonds. The fourth-order valence-corrected chi connectivity index (χ4v) is 3.42. The fraction of sp³-hybridized carbons (Fsp3) is 0.591. The zero-order valence-corrected chi connectivity index (χ0v) is 18.2. The zero-order valence-electron chi connectivity index (χ0n) is 18.2. The number of carbonyl (C=O) groups excluding carboxylic acids is 3. The molecule has 0 spiro atoms. The van der Waals surface area contributed by atoms with E-state index >= 15 is 0 Å². The van der Waals surface area contributed by atoms with Gasteiger partial charge in [0.1, 0.15) is 0 Å². The van der Waals surface area contributed by atoms with E-state index in [0.717, 1.165) is 38.5 Å². The van der Waals surface area contributed by atoms with Crippen LogP contribution >= 0.6 is 0 Å². The topological polar surface area (TPSA) is 103 Å². The molecule has 0 radical (unpaired) electrons. The highest BCUT2D eigenvalue weighted by molar-refractivity contribution is 6.03. The lowest BCUT2D eigenvalue weighted by atomic mass is 9.88. The van der Waals surface area contributed by atoms with Gasteiger partial charge in [-0.25, -0.2) is 4.79 Å². The average molecular weight is 421 g/mol. The van der Waals surface area contributed by atoms with Crippen LogP contribution < -0.4 is 20.1 Å². The highest BCUT2D eigenvalue weighted by Crippen LogP contribution is 2.35. The maximum absolute atomic E-state index is 12.8. The predicted molar refractivity (Wildman–Crippen MR) is 113 cm³/mol. The number of methoxy groups -OCH3 is 2.